The van der Waals surface area contributed by atoms with Gasteiger partial charge in [-0.25, -0.2) is 0 Å². The summed E-state index contributed by atoms with van der Waals surface area (Å²) >= 11 is 0. The van der Waals surface area contributed by atoms with Crippen molar-refractivity contribution in [1.29, 1.82) is 0 Å². The topological polar surface area (TPSA) is 40.6 Å². The lowest BCUT2D eigenvalue weighted by molar-refractivity contribution is -0.151. The van der Waals surface area contributed by atoms with Crippen LogP contribution in [0.3, 0.4) is 0 Å². The largest absolute Gasteiger partial charge is 0.268 e. The third-order valence-corrected chi connectivity index (χ3v) is 1.44. The minimum absolute atomic E-state index is 0.340. The fourth-order valence-electron chi connectivity index (χ4n) is 0.560. The molecule has 0 aromatic heterocycles. The summed E-state index contributed by atoms with van der Waals surface area (Å²) < 4.78 is 0. The van der Waals surface area contributed by atoms with Gasteiger partial charge in [-0.15, -0.1) is 0 Å². The van der Waals surface area contributed by atoms with Crippen LogP contribution in [-0.2, 0) is 9.59 Å². The molecule has 2 amide bonds. The van der Waals surface area contributed by atoms with Crippen LogP contribution in [0.4, 0.5) is 0 Å². The third kappa shape index (κ3) is 2.23. The van der Waals surface area contributed by atoms with Gasteiger partial charge in [-0.3, -0.25) is 19.6 Å². The second-order valence-corrected chi connectivity index (χ2v) is 2.13. The van der Waals surface area contributed by atoms with Crippen LogP contribution in [-0.4, -0.2) is 35.9 Å². The summed E-state index contributed by atoms with van der Waals surface area (Å²) in [5.41, 5.74) is 0. The fraction of sp³-hybridized carbons (Fsp3) is 0.250. The highest BCUT2D eigenvalue weighted by molar-refractivity contribution is 5.92. The second-order valence-electron chi connectivity index (χ2n) is 2.13. The molecule has 0 aromatic rings. The van der Waals surface area contributed by atoms with Gasteiger partial charge in [0.05, 0.1) is 0 Å². The molecule has 0 atom stereocenters. The zero-order valence-corrected chi connectivity index (χ0v) is 7.28. The van der Waals surface area contributed by atoms with E-state index in [0.29, 0.717) is 0 Å². The van der Waals surface area contributed by atoms with Crippen LogP contribution in [0, 0.1) is 0 Å². The standard InChI is InChI=1S/C8H12N2O2/c1-5-7(11)9(3)10(4)8(12)6-2/h5-6H,1-2H2,3-4H3. The molecule has 0 fully saturated rings. The van der Waals surface area contributed by atoms with Crippen LogP contribution in [0.5, 0.6) is 0 Å². The van der Waals surface area contributed by atoms with E-state index in [1.807, 2.05) is 0 Å². The summed E-state index contributed by atoms with van der Waals surface area (Å²) in [7, 11) is 2.96. The lowest BCUT2D eigenvalue weighted by Gasteiger charge is -2.25. The Morgan fingerprint density at radius 3 is 1.42 bits per heavy atom. The molecule has 0 aliphatic heterocycles. The van der Waals surface area contributed by atoms with Gasteiger partial charge >= 0.3 is 0 Å². The molecule has 12 heavy (non-hydrogen) atoms. The molecule has 0 rings (SSSR count). The molecule has 0 unspecified atom stereocenters. The number of hydrogen-bond donors (Lipinski definition) is 0. The monoisotopic (exact) mass is 168 g/mol. The van der Waals surface area contributed by atoms with Gasteiger partial charge in [-0.2, -0.15) is 0 Å². The predicted octanol–water partition coefficient (Wildman–Crippen LogP) is 0.190. The molecule has 4 heteroatoms. The number of hydrogen-bond acceptors (Lipinski definition) is 2. The Balaban J connectivity index is 4.37. The van der Waals surface area contributed by atoms with E-state index in [1.165, 1.54) is 14.1 Å². The molecule has 0 aliphatic carbocycles. The molecule has 0 bridgehead atoms. The summed E-state index contributed by atoms with van der Waals surface area (Å²) in [6, 6.07) is 0. The van der Waals surface area contributed by atoms with Crippen LogP contribution in [0.2, 0.25) is 0 Å². The Morgan fingerprint density at radius 1 is 1.00 bits per heavy atom. The summed E-state index contributed by atoms with van der Waals surface area (Å²) in [6.45, 7) is 6.59. The van der Waals surface area contributed by atoms with Crippen molar-refractivity contribution in [3.05, 3.63) is 25.3 Å². The summed E-state index contributed by atoms with van der Waals surface area (Å²) in [6.07, 6.45) is 2.26. The molecule has 0 saturated heterocycles. The van der Waals surface area contributed by atoms with Crippen molar-refractivity contribution in [1.82, 2.24) is 10.0 Å². The summed E-state index contributed by atoms with van der Waals surface area (Å²) in [5, 5.41) is 2.30. The average molecular weight is 168 g/mol. The molecule has 0 saturated carbocycles. The van der Waals surface area contributed by atoms with Crippen LogP contribution < -0.4 is 0 Å². The van der Waals surface area contributed by atoms with Crippen LogP contribution in [0.25, 0.3) is 0 Å². The van der Waals surface area contributed by atoms with E-state index in [0.717, 1.165) is 22.2 Å². The first-order chi connectivity index (χ1) is 5.54. The lowest BCUT2D eigenvalue weighted by Crippen LogP contribution is -2.43. The molecule has 0 N–H and O–H groups in total. The van der Waals surface area contributed by atoms with Gasteiger partial charge < -0.3 is 0 Å². The van der Waals surface area contributed by atoms with Crippen molar-refractivity contribution in [2.75, 3.05) is 14.1 Å². The molecule has 66 valence electrons. The van der Waals surface area contributed by atoms with Crippen molar-refractivity contribution in [2.24, 2.45) is 0 Å². The number of rotatable bonds is 2. The van der Waals surface area contributed by atoms with Gasteiger partial charge in [0.15, 0.2) is 0 Å². The Bertz CT molecular complexity index is 199. The van der Waals surface area contributed by atoms with Crippen molar-refractivity contribution >= 4 is 11.8 Å². The van der Waals surface area contributed by atoms with Gasteiger partial charge in [-0.05, 0) is 12.2 Å². The van der Waals surface area contributed by atoms with Gasteiger partial charge in [-0.1, -0.05) is 13.2 Å². The zero-order valence-electron chi connectivity index (χ0n) is 7.28. The highest BCUT2D eigenvalue weighted by atomic mass is 16.2. The quantitative estimate of drug-likeness (QED) is 0.436. The van der Waals surface area contributed by atoms with E-state index in [4.69, 9.17) is 0 Å². The lowest BCUT2D eigenvalue weighted by atomic mass is 10.5. The van der Waals surface area contributed by atoms with Crippen LogP contribution in [0.15, 0.2) is 25.3 Å². The molecule has 0 radical (unpaired) electrons. The number of carbonyl (C=O) groups excluding carboxylic acids is 2. The molecule has 0 aliphatic rings. The van der Waals surface area contributed by atoms with E-state index in [9.17, 15) is 9.59 Å². The zero-order chi connectivity index (χ0) is 9.72. The van der Waals surface area contributed by atoms with Gasteiger partial charge in [0.25, 0.3) is 11.8 Å². The van der Waals surface area contributed by atoms with Gasteiger partial charge in [0, 0.05) is 14.1 Å². The third-order valence-electron chi connectivity index (χ3n) is 1.44. The molecule has 0 heterocycles. The Labute approximate surface area is 71.7 Å². The highest BCUT2D eigenvalue weighted by Crippen LogP contribution is 1.93. The Morgan fingerprint density at radius 2 is 1.25 bits per heavy atom. The normalized spacial score (nSPS) is 8.50. The molecule has 4 nitrogen and oxygen atoms in total. The molecule has 0 aromatic carbocycles. The average Bonchev–Trinajstić information content (AvgIpc) is 2.12. The number of likely N-dealkylation sites (N-methyl/N-ethyl adjacent to an activating group) is 2. The van der Waals surface area contributed by atoms with Crippen LogP contribution >= 0.6 is 0 Å². The first-order valence-electron chi connectivity index (χ1n) is 3.34. The first-order valence-corrected chi connectivity index (χ1v) is 3.34. The van der Waals surface area contributed by atoms with Crippen LogP contribution in [0.1, 0.15) is 0 Å². The SMILES string of the molecule is C=CC(=O)N(C)N(C)C(=O)C=C. The van der Waals surface area contributed by atoms with E-state index < -0.39 is 0 Å². The second kappa shape index (κ2) is 4.33. The molecular weight excluding hydrogens is 156 g/mol. The Kier molecular flexibility index (Phi) is 3.76. The molecular formula is C8H12N2O2. The number of amides is 2. The minimum atomic E-state index is -0.340. The maximum Gasteiger partial charge on any atom is 0.264 e. The van der Waals surface area contributed by atoms with Crippen molar-refractivity contribution < 1.29 is 9.59 Å². The number of carbonyl (C=O) groups is 2. The minimum Gasteiger partial charge on any atom is -0.268 e. The van der Waals surface area contributed by atoms with Crippen molar-refractivity contribution in [2.45, 2.75) is 0 Å². The van der Waals surface area contributed by atoms with E-state index in [1.54, 1.807) is 0 Å². The smallest absolute Gasteiger partial charge is 0.264 e. The molecule has 0 spiro atoms. The van der Waals surface area contributed by atoms with Gasteiger partial charge in [0.2, 0.25) is 0 Å². The highest BCUT2D eigenvalue weighted by Gasteiger charge is 2.13. The number of hydrazine groups is 1. The first kappa shape index (κ1) is 10.4. The van der Waals surface area contributed by atoms with E-state index >= 15 is 0 Å². The van der Waals surface area contributed by atoms with Crippen molar-refractivity contribution in [3.63, 3.8) is 0 Å². The predicted molar refractivity (Wildman–Crippen MR) is 45.9 cm³/mol. The van der Waals surface area contributed by atoms with Crippen molar-refractivity contribution in [3.8, 4) is 0 Å². The van der Waals surface area contributed by atoms with E-state index in [-0.39, 0.29) is 11.8 Å². The fourth-order valence-corrected chi connectivity index (χ4v) is 0.560. The maximum absolute atomic E-state index is 11.0. The Hall–Kier alpha value is -1.58. The number of nitrogens with zero attached hydrogens (tertiary/aromatic N) is 2. The summed E-state index contributed by atoms with van der Waals surface area (Å²) in [4.78, 5) is 21.9. The maximum atomic E-state index is 11.0. The van der Waals surface area contributed by atoms with Gasteiger partial charge in [0.1, 0.15) is 0 Å². The summed E-state index contributed by atoms with van der Waals surface area (Å²) in [5.74, 6) is -0.680. The van der Waals surface area contributed by atoms with E-state index in [2.05, 4.69) is 13.2 Å².